The highest BCUT2D eigenvalue weighted by atomic mass is 79.9. The van der Waals surface area contributed by atoms with Gasteiger partial charge in [0.25, 0.3) is 0 Å². The standard InChI is InChI=1S/C20H21BrN2O5S/c1-12-11-23-16(10-15(22-23)13-7-6-8-14(21)9-13)18(28-29(5,25)26)17(12)19(24)27-20(2,3)4/h6-11H,1-5H3. The maximum atomic E-state index is 12.8. The molecule has 0 N–H and O–H groups in total. The van der Waals surface area contributed by atoms with Crippen molar-refractivity contribution in [2.45, 2.75) is 33.3 Å². The number of nitrogens with zero attached hydrogens (tertiary/aromatic N) is 2. The molecule has 1 aromatic carbocycles. The predicted molar refractivity (Wildman–Crippen MR) is 114 cm³/mol. The third-order valence-corrected chi connectivity index (χ3v) is 4.83. The van der Waals surface area contributed by atoms with Crippen LogP contribution >= 0.6 is 15.9 Å². The lowest BCUT2D eigenvalue weighted by molar-refractivity contribution is 0.00672. The normalized spacial score (nSPS) is 12.2. The van der Waals surface area contributed by atoms with Gasteiger partial charge in [-0.3, -0.25) is 0 Å². The molecule has 0 aliphatic carbocycles. The number of hydrogen-bond donors (Lipinski definition) is 0. The molecule has 7 nitrogen and oxygen atoms in total. The van der Waals surface area contributed by atoms with Crippen LogP contribution in [0.1, 0.15) is 36.7 Å². The van der Waals surface area contributed by atoms with Crippen molar-refractivity contribution in [3.8, 4) is 17.0 Å². The Hall–Kier alpha value is -2.39. The van der Waals surface area contributed by atoms with Crippen LogP contribution in [-0.4, -0.2) is 35.9 Å². The van der Waals surface area contributed by atoms with Gasteiger partial charge in [0.15, 0.2) is 5.75 Å². The van der Waals surface area contributed by atoms with E-state index in [1.54, 1.807) is 40.0 Å². The lowest BCUT2D eigenvalue weighted by atomic mass is 10.1. The van der Waals surface area contributed by atoms with Crippen LogP contribution in [0.2, 0.25) is 0 Å². The number of aryl methyl sites for hydroxylation is 1. The summed E-state index contributed by atoms with van der Waals surface area (Å²) in [6, 6.07) is 9.21. The average Bonchev–Trinajstić information content (AvgIpc) is 2.95. The van der Waals surface area contributed by atoms with E-state index in [4.69, 9.17) is 8.92 Å². The van der Waals surface area contributed by atoms with Gasteiger partial charge in [-0.15, -0.1) is 0 Å². The van der Waals surface area contributed by atoms with Gasteiger partial charge in [0.2, 0.25) is 0 Å². The predicted octanol–water partition coefficient (Wildman–Crippen LogP) is 4.37. The van der Waals surface area contributed by atoms with Crippen molar-refractivity contribution in [1.29, 1.82) is 0 Å². The molecule has 2 aromatic heterocycles. The monoisotopic (exact) mass is 480 g/mol. The first-order chi connectivity index (χ1) is 13.3. The minimum absolute atomic E-state index is 0.0542. The fourth-order valence-electron chi connectivity index (χ4n) is 2.82. The second kappa shape index (κ2) is 7.46. The largest absolute Gasteiger partial charge is 0.456 e. The minimum Gasteiger partial charge on any atom is -0.456 e. The summed E-state index contributed by atoms with van der Waals surface area (Å²) in [5, 5.41) is 4.52. The molecule has 2 heterocycles. The lowest BCUT2D eigenvalue weighted by Crippen LogP contribution is -2.25. The number of esters is 1. The Bertz CT molecular complexity index is 1210. The Balaban J connectivity index is 2.26. The molecule has 154 valence electrons. The van der Waals surface area contributed by atoms with Crippen LogP contribution in [0.25, 0.3) is 16.8 Å². The van der Waals surface area contributed by atoms with Crippen molar-refractivity contribution in [1.82, 2.24) is 9.61 Å². The van der Waals surface area contributed by atoms with E-state index in [0.717, 1.165) is 16.3 Å². The molecule has 0 aliphatic heterocycles. The fourth-order valence-corrected chi connectivity index (χ4v) is 3.70. The Morgan fingerprint density at radius 2 is 1.90 bits per heavy atom. The second-order valence-corrected chi connectivity index (χ2v) is 10.2. The molecule has 9 heteroatoms. The zero-order valence-corrected chi connectivity index (χ0v) is 19.1. The van der Waals surface area contributed by atoms with Crippen LogP contribution in [0.15, 0.2) is 41.0 Å². The summed E-state index contributed by atoms with van der Waals surface area (Å²) < 4.78 is 36.9. The number of hydrogen-bond acceptors (Lipinski definition) is 6. The molecule has 0 amide bonds. The third kappa shape index (κ3) is 4.97. The maximum Gasteiger partial charge on any atom is 0.342 e. The van der Waals surface area contributed by atoms with Crippen molar-refractivity contribution in [2.24, 2.45) is 0 Å². The van der Waals surface area contributed by atoms with E-state index in [1.807, 2.05) is 24.3 Å². The Morgan fingerprint density at radius 3 is 2.48 bits per heavy atom. The number of ether oxygens (including phenoxy) is 1. The van der Waals surface area contributed by atoms with Crippen LogP contribution in [0, 0.1) is 6.92 Å². The average molecular weight is 481 g/mol. The van der Waals surface area contributed by atoms with E-state index < -0.39 is 21.7 Å². The molecule has 0 radical (unpaired) electrons. The van der Waals surface area contributed by atoms with Gasteiger partial charge in [0.05, 0.1) is 11.9 Å². The van der Waals surface area contributed by atoms with E-state index >= 15 is 0 Å². The highest BCUT2D eigenvalue weighted by Crippen LogP contribution is 2.34. The SMILES string of the molecule is Cc1cn2nc(-c3cccc(Br)c3)cc2c(OS(C)(=O)=O)c1C(=O)OC(C)(C)C. The summed E-state index contributed by atoms with van der Waals surface area (Å²) in [5.74, 6) is -0.767. The van der Waals surface area contributed by atoms with E-state index in [2.05, 4.69) is 21.0 Å². The van der Waals surface area contributed by atoms with Crippen molar-refractivity contribution in [3.63, 3.8) is 0 Å². The Morgan fingerprint density at radius 1 is 1.21 bits per heavy atom. The molecular weight excluding hydrogens is 460 g/mol. The smallest absolute Gasteiger partial charge is 0.342 e. The highest BCUT2D eigenvalue weighted by molar-refractivity contribution is 9.10. The lowest BCUT2D eigenvalue weighted by Gasteiger charge is -2.21. The van der Waals surface area contributed by atoms with E-state index in [-0.39, 0.29) is 11.3 Å². The number of halogens is 1. The van der Waals surface area contributed by atoms with Gasteiger partial charge in [-0.2, -0.15) is 13.5 Å². The molecule has 29 heavy (non-hydrogen) atoms. The van der Waals surface area contributed by atoms with Gasteiger partial charge in [-0.1, -0.05) is 28.1 Å². The number of carbonyl (C=O) groups is 1. The van der Waals surface area contributed by atoms with Crippen molar-refractivity contribution >= 4 is 37.5 Å². The number of pyridine rings is 1. The summed E-state index contributed by atoms with van der Waals surface area (Å²) in [5.41, 5.74) is 1.56. The van der Waals surface area contributed by atoms with Gasteiger partial charge in [0, 0.05) is 16.2 Å². The number of rotatable bonds is 4. The first-order valence-corrected chi connectivity index (χ1v) is 11.4. The van der Waals surface area contributed by atoms with Crippen LogP contribution in [0.5, 0.6) is 5.75 Å². The molecule has 0 aliphatic rings. The van der Waals surface area contributed by atoms with Crippen LogP contribution in [-0.2, 0) is 14.9 Å². The van der Waals surface area contributed by atoms with Crippen molar-refractivity contribution in [2.75, 3.05) is 6.26 Å². The zero-order valence-electron chi connectivity index (χ0n) is 16.7. The van der Waals surface area contributed by atoms with E-state index in [0.29, 0.717) is 16.8 Å². The molecule has 0 atom stereocenters. The molecule has 0 unspecified atom stereocenters. The Kier molecular flexibility index (Phi) is 5.48. The van der Waals surface area contributed by atoms with Crippen molar-refractivity contribution < 1.29 is 22.1 Å². The Labute approximate surface area is 177 Å². The summed E-state index contributed by atoms with van der Waals surface area (Å²) in [4.78, 5) is 12.8. The van der Waals surface area contributed by atoms with E-state index in [9.17, 15) is 13.2 Å². The van der Waals surface area contributed by atoms with Gasteiger partial charge in [0.1, 0.15) is 16.7 Å². The molecule has 0 bridgehead atoms. The van der Waals surface area contributed by atoms with Gasteiger partial charge < -0.3 is 8.92 Å². The second-order valence-electron chi connectivity index (χ2n) is 7.68. The van der Waals surface area contributed by atoms with Crippen LogP contribution in [0.4, 0.5) is 0 Å². The summed E-state index contributed by atoms with van der Waals surface area (Å²) in [6.45, 7) is 6.88. The third-order valence-electron chi connectivity index (χ3n) is 3.86. The molecule has 0 saturated heterocycles. The molecular formula is C20H21BrN2O5S. The van der Waals surface area contributed by atoms with Gasteiger partial charge in [-0.25, -0.2) is 9.31 Å². The van der Waals surface area contributed by atoms with Crippen molar-refractivity contribution in [3.05, 3.63) is 52.1 Å². The number of carbonyl (C=O) groups excluding carboxylic acids is 1. The molecule has 0 fully saturated rings. The van der Waals surface area contributed by atoms with Gasteiger partial charge >= 0.3 is 16.1 Å². The summed E-state index contributed by atoms with van der Waals surface area (Å²) in [7, 11) is -3.90. The summed E-state index contributed by atoms with van der Waals surface area (Å²) in [6.07, 6.45) is 2.57. The topological polar surface area (TPSA) is 87.0 Å². The first-order valence-electron chi connectivity index (χ1n) is 8.76. The molecule has 3 aromatic rings. The highest BCUT2D eigenvalue weighted by Gasteiger charge is 2.28. The maximum absolute atomic E-state index is 12.8. The molecule has 0 saturated carbocycles. The number of fused-ring (bicyclic) bond motifs is 1. The van der Waals surface area contributed by atoms with Crippen LogP contribution < -0.4 is 4.18 Å². The molecule has 3 rings (SSSR count). The number of aromatic nitrogens is 2. The first kappa shape index (κ1) is 21.3. The summed E-state index contributed by atoms with van der Waals surface area (Å²) >= 11 is 3.43. The minimum atomic E-state index is -3.90. The quantitative estimate of drug-likeness (QED) is 0.407. The molecule has 0 spiro atoms. The fraction of sp³-hybridized carbons (Fsp3) is 0.300. The zero-order chi connectivity index (χ0) is 21.6. The van der Waals surface area contributed by atoms with Gasteiger partial charge in [-0.05, 0) is 51.5 Å². The van der Waals surface area contributed by atoms with E-state index in [1.165, 1.54) is 4.52 Å². The van der Waals surface area contributed by atoms with Crippen LogP contribution in [0.3, 0.4) is 0 Å². The number of benzene rings is 1.